The van der Waals surface area contributed by atoms with E-state index in [1.807, 2.05) is 0 Å². The third-order valence-electron chi connectivity index (χ3n) is 2.28. The Bertz CT molecular complexity index is 93.4. The number of nitrogens with one attached hydrogen (secondary N) is 1. The van der Waals surface area contributed by atoms with Crippen LogP contribution in [0.3, 0.4) is 0 Å². The Morgan fingerprint density at radius 2 is 2.30 bits per heavy atom. The zero-order valence-electron chi connectivity index (χ0n) is 7.22. The Labute approximate surface area is 63.6 Å². The van der Waals surface area contributed by atoms with Gasteiger partial charge in [0.2, 0.25) is 0 Å². The predicted octanol–water partition coefficient (Wildman–Crippen LogP) is 1.04. The Hall–Kier alpha value is -0.0800. The van der Waals surface area contributed by atoms with E-state index in [4.69, 9.17) is 0 Å². The lowest BCUT2D eigenvalue weighted by Crippen LogP contribution is -2.31. The molecule has 0 aliphatic carbocycles. The predicted molar refractivity (Wildman–Crippen MR) is 43.9 cm³/mol. The van der Waals surface area contributed by atoms with Gasteiger partial charge in [-0.1, -0.05) is 13.3 Å². The van der Waals surface area contributed by atoms with E-state index in [0.717, 1.165) is 6.04 Å². The molecule has 0 unspecified atom stereocenters. The SMILES string of the molecule is CCC[C@@H]1CN(C)[C@H](C)N1. The molecule has 60 valence electrons. The first kappa shape index (κ1) is 8.02. The molecule has 0 spiro atoms. The van der Waals surface area contributed by atoms with Crippen molar-refractivity contribution in [2.75, 3.05) is 13.6 Å². The summed E-state index contributed by atoms with van der Waals surface area (Å²) in [4.78, 5) is 2.36. The van der Waals surface area contributed by atoms with E-state index in [1.165, 1.54) is 19.4 Å². The third kappa shape index (κ3) is 1.70. The molecule has 2 atom stereocenters. The average Bonchev–Trinajstić information content (AvgIpc) is 2.14. The van der Waals surface area contributed by atoms with E-state index < -0.39 is 0 Å². The molecule has 0 amide bonds. The van der Waals surface area contributed by atoms with Crippen LogP contribution in [0.25, 0.3) is 0 Å². The van der Waals surface area contributed by atoms with Crippen LogP contribution in [0.2, 0.25) is 0 Å². The first-order valence-electron chi connectivity index (χ1n) is 4.20. The zero-order valence-corrected chi connectivity index (χ0v) is 7.22. The highest BCUT2D eigenvalue weighted by molar-refractivity contribution is 4.81. The highest BCUT2D eigenvalue weighted by Gasteiger charge is 2.23. The summed E-state index contributed by atoms with van der Waals surface area (Å²) in [6, 6.07) is 0.741. The van der Waals surface area contributed by atoms with E-state index >= 15 is 0 Å². The minimum Gasteiger partial charge on any atom is -0.298 e. The highest BCUT2D eigenvalue weighted by atomic mass is 15.3. The minimum atomic E-state index is 0.580. The normalized spacial score (nSPS) is 35.1. The second-order valence-electron chi connectivity index (χ2n) is 3.27. The molecule has 1 heterocycles. The molecule has 10 heavy (non-hydrogen) atoms. The average molecular weight is 142 g/mol. The van der Waals surface area contributed by atoms with Crippen molar-refractivity contribution in [1.29, 1.82) is 0 Å². The molecule has 2 heteroatoms. The number of hydrogen-bond donors (Lipinski definition) is 1. The van der Waals surface area contributed by atoms with Crippen LogP contribution in [0, 0.1) is 0 Å². The van der Waals surface area contributed by atoms with Crippen LogP contribution >= 0.6 is 0 Å². The first-order chi connectivity index (χ1) is 4.74. The molecule has 0 saturated carbocycles. The molecule has 0 aromatic heterocycles. The fraction of sp³-hybridized carbons (Fsp3) is 1.00. The van der Waals surface area contributed by atoms with Crippen molar-refractivity contribution < 1.29 is 0 Å². The van der Waals surface area contributed by atoms with Gasteiger partial charge in [-0.2, -0.15) is 0 Å². The van der Waals surface area contributed by atoms with Gasteiger partial charge in [0.1, 0.15) is 0 Å². The van der Waals surface area contributed by atoms with Crippen LogP contribution in [0.5, 0.6) is 0 Å². The van der Waals surface area contributed by atoms with E-state index in [0.29, 0.717) is 6.17 Å². The molecule has 2 nitrogen and oxygen atoms in total. The van der Waals surface area contributed by atoms with Crippen LogP contribution in [0.1, 0.15) is 26.7 Å². The van der Waals surface area contributed by atoms with Gasteiger partial charge in [-0.15, -0.1) is 0 Å². The Balaban J connectivity index is 2.27. The Morgan fingerprint density at radius 3 is 2.70 bits per heavy atom. The molecular weight excluding hydrogens is 124 g/mol. The number of likely N-dealkylation sites (N-methyl/N-ethyl adjacent to an activating group) is 1. The van der Waals surface area contributed by atoms with Gasteiger partial charge in [0.15, 0.2) is 0 Å². The van der Waals surface area contributed by atoms with E-state index in [-0.39, 0.29) is 0 Å². The molecule has 0 aromatic rings. The summed E-state index contributed by atoms with van der Waals surface area (Å²) >= 11 is 0. The zero-order chi connectivity index (χ0) is 7.56. The van der Waals surface area contributed by atoms with Gasteiger partial charge in [0, 0.05) is 12.6 Å². The maximum Gasteiger partial charge on any atom is 0.0568 e. The first-order valence-corrected chi connectivity index (χ1v) is 4.20. The Kier molecular flexibility index (Phi) is 2.69. The Morgan fingerprint density at radius 1 is 1.60 bits per heavy atom. The second-order valence-corrected chi connectivity index (χ2v) is 3.27. The fourth-order valence-corrected chi connectivity index (χ4v) is 1.55. The van der Waals surface area contributed by atoms with Gasteiger partial charge in [-0.3, -0.25) is 10.2 Å². The van der Waals surface area contributed by atoms with Crippen molar-refractivity contribution in [2.24, 2.45) is 0 Å². The maximum atomic E-state index is 3.53. The summed E-state index contributed by atoms with van der Waals surface area (Å²) < 4.78 is 0. The van der Waals surface area contributed by atoms with Crippen molar-refractivity contribution in [3.05, 3.63) is 0 Å². The molecule has 1 fully saturated rings. The molecule has 0 bridgehead atoms. The van der Waals surface area contributed by atoms with Crippen LogP contribution in [0.15, 0.2) is 0 Å². The molecule has 0 radical (unpaired) electrons. The van der Waals surface area contributed by atoms with Gasteiger partial charge in [-0.05, 0) is 20.4 Å². The van der Waals surface area contributed by atoms with Crippen molar-refractivity contribution in [3.63, 3.8) is 0 Å². The number of rotatable bonds is 2. The lowest BCUT2D eigenvalue weighted by Gasteiger charge is -2.11. The topological polar surface area (TPSA) is 15.3 Å². The molecule has 1 saturated heterocycles. The van der Waals surface area contributed by atoms with Crippen LogP contribution in [-0.4, -0.2) is 30.7 Å². The minimum absolute atomic E-state index is 0.580. The monoisotopic (exact) mass is 142 g/mol. The molecule has 1 aliphatic rings. The fourth-order valence-electron chi connectivity index (χ4n) is 1.55. The lowest BCUT2D eigenvalue weighted by molar-refractivity contribution is 0.315. The largest absolute Gasteiger partial charge is 0.298 e. The second kappa shape index (κ2) is 3.35. The maximum absolute atomic E-state index is 3.53. The van der Waals surface area contributed by atoms with Crippen LogP contribution in [-0.2, 0) is 0 Å². The molecule has 1 rings (SSSR count). The van der Waals surface area contributed by atoms with Crippen molar-refractivity contribution in [1.82, 2.24) is 10.2 Å². The number of nitrogens with zero attached hydrogens (tertiary/aromatic N) is 1. The van der Waals surface area contributed by atoms with Crippen molar-refractivity contribution in [2.45, 2.75) is 38.9 Å². The van der Waals surface area contributed by atoms with Crippen LogP contribution < -0.4 is 5.32 Å². The third-order valence-corrected chi connectivity index (χ3v) is 2.28. The molecular formula is C8H18N2. The van der Waals surface area contributed by atoms with Gasteiger partial charge < -0.3 is 0 Å². The lowest BCUT2D eigenvalue weighted by atomic mass is 10.2. The van der Waals surface area contributed by atoms with Gasteiger partial charge in [0.25, 0.3) is 0 Å². The summed E-state index contributed by atoms with van der Waals surface area (Å²) in [5, 5.41) is 3.53. The van der Waals surface area contributed by atoms with Crippen LogP contribution in [0.4, 0.5) is 0 Å². The summed E-state index contributed by atoms with van der Waals surface area (Å²) in [6.45, 7) is 5.68. The van der Waals surface area contributed by atoms with E-state index in [9.17, 15) is 0 Å². The smallest absolute Gasteiger partial charge is 0.0568 e. The molecule has 1 N–H and O–H groups in total. The number of hydrogen-bond acceptors (Lipinski definition) is 2. The van der Waals surface area contributed by atoms with Gasteiger partial charge in [0.05, 0.1) is 6.17 Å². The summed E-state index contributed by atoms with van der Waals surface area (Å²) in [7, 11) is 2.17. The summed E-state index contributed by atoms with van der Waals surface area (Å²) in [5.41, 5.74) is 0. The quantitative estimate of drug-likeness (QED) is 0.619. The summed E-state index contributed by atoms with van der Waals surface area (Å²) in [5.74, 6) is 0. The van der Waals surface area contributed by atoms with Gasteiger partial charge in [-0.25, -0.2) is 0 Å². The van der Waals surface area contributed by atoms with Crippen molar-refractivity contribution >= 4 is 0 Å². The van der Waals surface area contributed by atoms with Gasteiger partial charge >= 0.3 is 0 Å². The summed E-state index contributed by atoms with van der Waals surface area (Å²) in [6.07, 6.45) is 3.18. The molecule has 1 aliphatic heterocycles. The van der Waals surface area contributed by atoms with E-state index in [1.54, 1.807) is 0 Å². The highest BCUT2D eigenvalue weighted by Crippen LogP contribution is 2.09. The standard InChI is InChI=1S/C8H18N2/c1-4-5-8-6-10(3)7(2)9-8/h7-9H,4-6H2,1-3H3/t7-,8-/m1/s1. The molecule has 0 aromatic carbocycles. The van der Waals surface area contributed by atoms with Crippen molar-refractivity contribution in [3.8, 4) is 0 Å². The van der Waals surface area contributed by atoms with E-state index in [2.05, 4.69) is 31.1 Å².